The topological polar surface area (TPSA) is 69.7 Å². The van der Waals surface area contributed by atoms with E-state index in [-0.39, 0.29) is 23.3 Å². The highest BCUT2D eigenvalue weighted by molar-refractivity contribution is 7.87. The molecule has 0 unspecified atom stereocenters. The highest BCUT2D eigenvalue weighted by Gasteiger charge is 2.49. The molecule has 5 nitrogen and oxygen atoms in total. The molecule has 0 bridgehead atoms. The van der Waals surface area contributed by atoms with E-state index < -0.39 is 21.6 Å². The first-order chi connectivity index (χ1) is 14.1. The number of alkyl halides is 3. The zero-order valence-electron chi connectivity index (χ0n) is 16.0. The van der Waals surface area contributed by atoms with E-state index in [1.165, 1.54) is 25.3 Å². The molecule has 9 heteroatoms. The van der Waals surface area contributed by atoms with Crippen molar-refractivity contribution in [1.82, 2.24) is 0 Å². The van der Waals surface area contributed by atoms with Crippen LogP contribution in [-0.4, -0.2) is 27.0 Å². The third kappa shape index (κ3) is 4.67. The summed E-state index contributed by atoms with van der Waals surface area (Å²) in [6, 6.07) is 13.3. The van der Waals surface area contributed by atoms with Gasteiger partial charge in [0.05, 0.1) is 12.7 Å². The molecule has 0 saturated heterocycles. The summed E-state index contributed by atoms with van der Waals surface area (Å²) in [7, 11) is -4.64. The zero-order valence-corrected chi connectivity index (χ0v) is 16.8. The van der Waals surface area contributed by atoms with Gasteiger partial charge in [-0.3, -0.25) is 0 Å². The fourth-order valence-corrected chi connectivity index (χ4v) is 3.86. The van der Waals surface area contributed by atoms with Crippen LogP contribution in [0.15, 0.2) is 54.1 Å². The lowest BCUT2D eigenvalue weighted by Gasteiger charge is -2.18. The number of ether oxygens (including phenoxy) is 1. The Morgan fingerprint density at radius 1 is 1.07 bits per heavy atom. The van der Waals surface area contributed by atoms with Crippen LogP contribution in [0.1, 0.15) is 39.9 Å². The molecule has 2 aromatic carbocycles. The molecule has 0 saturated carbocycles. The van der Waals surface area contributed by atoms with Crippen molar-refractivity contribution in [3.05, 3.63) is 76.4 Å². The van der Waals surface area contributed by atoms with Gasteiger partial charge in [0.1, 0.15) is 5.76 Å². The average Bonchev–Trinajstić information content (AvgIpc) is 2.86. The molecule has 0 amide bonds. The van der Waals surface area contributed by atoms with Crippen molar-refractivity contribution in [2.24, 2.45) is 0 Å². The first-order valence-electron chi connectivity index (χ1n) is 9.10. The average molecular weight is 440 g/mol. The molecule has 2 aromatic rings. The summed E-state index contributed by atoms with van der Waals surface area (Å²) in [5.41, 5.74) is -3.34. The number of rotatable bonds is 5. The predicted molar refractivity (Wildman–Crippen MR) is 104 cm³/mol. The van der Waals surface area contributed by atoms with Crippen molar-refractivity contribution in [3.63, 3.8) is 0 Å². The lowest BCUT2D eigenvalue weighted by molar-refractivity contribution is -0.0509. The Kier molecular flexibility index (Phi) is 6.21. The quantitative estimate of drug-likeness (QED) is 0.385. The molecule has 0 aromatic heterocycles. The number of hydrogen-bond acceptors (Lipinski definition) is 5. The third-order valence-corrected chi connectivity index (χ3v) is 5.71. The first kappa shape index (κ1) is 21.9. The maximum atomic E-state index is 13.0. The van der Waals surface area contributed by atoms with Gasteiger partial charge in [-0.1, -0.05) is 36.4 Å². The summed E-state index contributed by atoms with van der Waals surface area (Å²) in [6.07, 6.45) is 1.58. The van der Waals surface area contributed by atoms with Gasteiger partial charge in [0, 0.05) is 5.56 Å². The van der Waals surface area contributed by atoms with Gasteiger partial charge < -0.3 is 8.92 Å². The summed E-state index contributed by atoms with van der Waals surface area (Å²) in [5, 5.41) is 0. The van der Waals surface area contributed by atoms with Gasteiger partial charge in [0.25, 0.3) is 0 Å². The van der Waals surface area contributed by atoms with Gasteiger partial charge in [-0.05, 0) is 54.5 Å². The molecule has 1 aliphatic carbocycles. The molecule has 0 spiro atoms. The van der Waals surface area contributed by atoms with E-state index in [0.717, 1.165) is 5.56 Å². The molecule has 0 N–H and O–H groups in total. The van der Waals surface area contributed by atoms with E-state index in [1.807, 2.05) is 0 Å². The van der Waals surface area contributed by atoms with Gasteiger partial charge in [-0.15, -0.1) is 0 Å². The third-order valence-electron chi connectivity index (χ3n) is 4.75. The van der Waals surface area contributed by atoms with Gasteiger partial charge in [0.2, 0.25) is 0 Å². The van der Waals surface area contributed by atoms with Crippen LogP contribution in [0.3, 0.4) is 0 Å². The normalized spacial score (nSPS) is 14.7. The van der Waals surface area contributed by atoms with Gasteiger partial charge in [0.15, 0.2) is 0 Å². The van der Waals surface area contributed by atoms with Crippen molar-refractivity contribution >= 4 is 21.8 Å². The van der Waals surface area contributed by atoms with Crippen LogP contribution in [0.5, 0.6) is 0 Å². The molecule has 0 fully saturated rings. The van der Waals surface area contributed by atoms with Crippen molar-refractivity contribution < 1.29 is 35.3 Å². The number of hydrogen-bond donors (Lipinski definition) is 0. The first-order valence-corrected chi connectivity index (χ1v) is 10.5. The highest BCUT2D eigenvalue weighted by Crippen LogP contribution is 2.37. The van der Waals surface area contributed by atoms with Crippen LogP contribution in [0.4, 0.5) is 13.2 Å². The molecular formula is C21H19F3O5S. The minimum Gasteiger partial charge on any atom is -0.465 e. The minimum atomic E-state index is -5.86. The van der Waals surface area contributed by atoms with Crippen LogP contribution in [0.25, 0.3) is 5.76 Å². The monoisotopic (exact) mass is 440 g/mol. The van der Waals surface area contributed by atoms with E-state index in [1.54, 1.807) is 30.3 Å². The SMILES string of the molecule is COC(=O)c1ccc2c(c1)CCCC(Cc1ccccc1)=C2OS(=O)(=O)C(F)(F)F. The van der Waals surface area contributed by atoms with Crippen molar-refractivity contribution in [2.75, 3.05) is 7.11 Å². The molecule has 160 valence electrons. The van der Waals surface area contributed by atoms with E-state index in [2.05, 4.69) is 8.92 Å². The molecule has 0 atom stereocenters. The lowest BCUT2D eigenvalue weighted by Crippen LogP contribution is -2.25. The minimum absolute atomic E-state index is 0.221. The summed E-state index contributed by atoms with van der Waals surface area (Å²) in [5.74, 6) is -0.930. The Morgan fingerprint density at radius 2 is 1.77 bits per heavy atom. The standard InChI is InChI=1S/C21H19F3O5S/c1-28-20(25)17-10-11-18-15(13-17)8-5-9-16(12-14-6-3-2-4-7-14)19(18)29-30(26,27)21(22,23)24/h2-4,6-7,10-11,13H,5,8-9,12H2,1H3. The molecule has 30 heavy (non-hydrogen) atoms. The van der Waals surface area contributed by atoms with Gasteiger partial charge >= 0.3 is 21.6 Å². The Labute approximate surface area is 172 Å². The van der Waals surface area contributed by atoms with Crippen LogP contribution in [0.2, 0.25) is 0 Å². The van der Waals surface area contributed by atoms with E-state index in [9.17, 15) is 26.4 Å². The number of methoxy groups -OCH3 is 1. The Bertz CT molecular complexity index is 1070. The Hall–Kier alpha value is -2.81. The largest absolute Gasteiger partial charge is 0.534 e. The van der Waals surface area contributed by atoms with Crippen molar-refractivity contribution in [3.8, 4) is 0 Å². The van der Waals surface area contributed by atoms with Crippen molar-refractivity contribution in [2.45, 2.75) is 31.2 Å². The van der Waals surface area contributed by atoms with Gasteiger partial charge in [-0.25, -0.2) is 4.79 Å². The highest BCUT2D eigenvalue weighted by atomic mass is 32.2. The van der Waals surface area contributed by atoms with Gasteiger partial charge in [-0.2, -0.15) is 21.6 Å². The summed E-state index contributed by atoms with van der Waals surface area (Å²) < 4.78 is 72.1. The fraction of sp³-hybridized carbons (Fsp3) is 0.286. The number of halogens is 3. The number of fused-ring (bicyclic) bond motifs is 1. The summed E-state index contributed by atoms with van der Waals surface area (Å²) in [6.45, 7) is 0. The Balaban J connectivity index is 2.14. The van der Waals surface area contributed by atoms with Crippen LogP contribution in [-0.2, 0) is 31.9 Å². The number of aryl methyl sites for hydroxylation is 1. The maximum Gasteiger partial charge on any atom is 0.534 e. The molecule has 0 radical (unpaired) electrons. The predicted octanol–water partition coefficient (Wildman–Crippen LogP) is 4.63. The summed E-state index contributed by atoms with van der Waals surface area (Å²) in [4.78, 5) is 11.8. The van der Waals surface area contributed by atoms with E-state index in [0.29, 0.717) is 30.4 Å². The van der Waals surface area contributed by atoms with Crippen LogP contribution < -0.4 is 0 Å². The van der Waals surface area contributed by atoms with E-state index in [4.69, 9.17) is 0 Å². The zero-order chi connectivity index (χ0) is 21.9. The van der Waals surface area contributed by atoms with E-state index >= 15 is 0 Å². The smallest absolute Gasteiger partial charge is 0.465 e. The Morgan fingerprint density at radius 3 is 2.40 bits per heavy atom. The lowest BCUT2D eigenvalue weighted by atomic mass is 9.98. The number of benzene rings is 2. The second-order valence-electron chi connectivity index (χ2n) is 6.80. The number of carbonyl (C=O) groups excluding carboxylic acids is 1. The number of carbonyl (C=O) groups is 1. The second-order valence-corrected chi connectivity index (χ2v) is 8.33. The fourth-order valence-electron chi connectivity index (χ4n) is 3.33. The molecular weight excluding hydrogens is 421 g/mol. The maximum absolute atomic E-state index is 13.0. The number of allylic oxidation sites excluding steroid dienone is 1. The molecule has 0 heterocycles. The van der Waals surface area contributed by atoms with Crippen LogP contribution >= 0.6 is 0 Å². The molecule has 0 aliphatic heterocycles. The second kappa shape index (κ2) is 8.51. The molecule has 3 rings (SSSR count). The summed E-state index contributed by atoms with van der Waals surface area (Å²) >= 11 is 0. The number of esters is 1. The molecule has 1 aliphatic rings. The van der Waals surface area contributed by atoms with Crippen molar-refractivity contribution in [1.29, 1.82) is 0 Å². The van der Waals surface area contributed by atoms with Crippen LogP contribution in [0, 0.1) is 0 Å².